The van der Waals surface area contributed by atoms with E-state index in [2.05, 4.69) is 27.8 Å². The molecule has 1 amide bonds. The maximum Gasteiger partial charge on any atom is 0.275 e. The fourth-order valence-electron chi connectivity index (χ4n) is 2.43. The molecule has 0 saturated heterocycles. The minimum absolute atomic E-state index is 0.0974. The van der Waals surface area contributed by atoms with E-state index in [1.165, 1.54) is 9.58 Å². The molecule has 0 aliphatic heterocycles. The Balaban J connectivity index is 1.44. The van der Waals surface area contributed by atoms with E-state index in [1.54, 1.807) is 22.7 Å². The summed E-state index contributed by atoms with van der Waals surface area (Å²) < 4.78 is 1.20. The Bertz CT molecular complexity index is 734. The van der Waals surface area contributed by atoms with Gasteiger partial charge in [0, 0.05) is 11.4 Å². The van der Waals surface area contributed by atoms with Gasteiger partial charge in [0.05, 0.1) is 17.3 Å². The third-order valence-corrected chi connectivity index (χ3v) is 5.50. The van der Waals surface area contributed by atoms with Crippen LogP contribution in [0.3, 0.4) is 0 Å². The van der Waals surface area contributed by atoms with Crippen molar-refractivity contribution in [2.75, 3.05) is 20.1 Å². The largest absolute Gasteiger partial charge is 0.351 e. The summed E-state index contributed by atoms with van der Waals surface area (Å²) in [7, 11) is 2.03. The SMILES string of the molecule is C[NH+](CC(=O)NCCc1cccs1)Cc1nc2ccccc2s1. The number of aromatic nitrogens is 1. The van der Waals surface area contributed by atoms with Crippen molar-refractivity contribution >= 4 is 38.8 Å². The van der Waals surface area contributed by atoms with Crippen LogP contribution in [0, 0.1) is 0 Å². The summed E-state index contributed by atoms with van der Waals surface area (Å²) in [5.74, 6) is 0.0974. The monoisotopic (exact) mass is 346 g/mol. The lowest BCUT2D eigenvalue weighted by Crippen LogP contribution is -3.08. The van der Waals surface area contributed by atoms with Crippen molar-refractivity contribution in [3.05, 3.63) is 51.7 Å². The molecule has 3 rings (SSSR count). The zero-order valence-corrected chi connectivity index (χ0v) is 14.7. The molecule has 6 heteroatoms. The van der Waals surface area contributed by atoms with Gasteiger partial charge in [-0.3, -0.25) is 4.79 Å². The smallest absolute Gasteiger partial charge is 0.275 e. The Morgan fingerprint density at radius 1 is 1.26 bits per heavy atom. The van der Waals surface area contributed by atoms with Gasteiger partial charge in [-0.15, -0.1) is 22.7 Å². The van der Waals surface area contributed by atoms with Crippen LogP contribution in [0.2, 0.25) is 0 Å². The van der Waals surface area contributed by atoms with E-state index in [0.717, 1.165) is 28.4 Å². The molecule has 1 atom stereocenters. The van der Waals surface area contributed by atoms with Crippen molar-refractivity contribution < 1.29 is 9.69 Å². The highest BCUT2D eigenvalue weighted by atomic mass is 32.1. The van der Waals surface area contributed by atoms with Gasteiger partial charge in [0.25, 0.3) is 5.91 Å². The van der Waals surface area contributed by atoms with Crippen molar-refractivity contribution in [1.29, 1.82) is 0 Å². The predicted molar refractivity (Wildman–Crippen MR) is 96.1 cm³/mol. The third kappa shape index (κ3) is 4.60. The summed E-state index contributed by atoms with van der Waals surface area (Å²) >= 11 is 3.44. The van der Waals surface area contributed by atoms with E-state index >= 15 is 0 Å². The second-order valence-corrected chi connectivity index (χ2v) is 7.71. The molecule has 1 unspecified atom stereocenters. The normalized spacial score (nSPS) is 12.4. The van der Waals surface area contributed by atoms with Crippen molar-refractivity contribution in [3.63, 3.8) is 0 Å². The number of nitrogens with one attached hydrogen (secondary N) is 2. The lowest BCUT2D eigenvalue weighted by molar-refractivity contribution is -0.885. The topological polar surface area (TPSA) is 46.4 Å². The molecule has 120 valence electrons. The molecule has 1 aromatic carbocycles. The van der Waals surface area contributed by atoms with Gasteiger partial charge in [-0.1, -0.05) is 18.2 Å². The summed E-state index contributed by atoms with van der Waals surface area (Å²) in [4.78, 5) is 19.1. The van der Waals surface area contributed by atoms with Gasteiger partial charge >= 0.3 is 0 Å². The minimum Gasteiger partial charge on any atom is -0.351 e. The van der Waals surface area contributed by atoms with Crippen LogP contribution < -0.4 is 10.2 Å². The number of hydrogen-bond acceptors (Lipinski definition) is 4. The van der Waals surface area contributed by atoms with Crippen LogP contribution in [0.1, 0.15) is 9.88 Å². The summed E-state index contributed by atoms with van der Waals surface area (Å²) in [5.41, 5.74) is 1.04. The van der Waals surface area contributed by atoms with E-state index in [0.29, 0.717) is 13.1 Å². The number of hydrogen-bond donors (Lipinski definition) is 2. The van der Waals surface area contributed by atoms with Crippen molar-refractivity contribution in [2.45, 2.75) is 13.0 Å². The lowest BCUT2D eigenvalue weighted by atomic mass is 10.3. The highest BCUT2D eigenvalue weighted by Gasteiger charge is 2.13. The van der Waals surface area contributed by atoms with Gasteiger partial charge in [0.1, 0.15) is 11.6 Å². The Morgan fingerprint density at radius 2 is 2.13 bits per heavy atom. The second-order valence-electron chi connectivity index (χ2n) is 5.57. The molecule has 0 spiro atoms. The molecule has 0 aliphatic rings. The number of benzene rings is 1. The highest BCUT2D eigenvalue weighted by molar-refractivity contribution is 7.18. The Morgan fingerprint density at radius 3 is 2.91 bits per heavy atom. The third-order valence-electron chi connectivity index (χ3n) is 3.53. The predicted octanol–water partition coefficient (Wildman–Crippen LogP) is 1.73. The number of para-hydroxylation sites is 1. The fraction of sp³-hybridized carbons (Fsp3) is 0.294. The summed E-state index contributed by atoms with van der Waals surface area (Å²) in [5, 5.41) is 6.14. The van der Waals surface area contributed by atoms with E-state index in [1.807, 2.05) is 31.3 Å². The Hall–Kier alpha value is -1.76. The maximum absolute atomic E-state index is 12.0. The average Bonchev–Trinajstić information content (AvgIpc) is 3.15. The molecule has 23 heavy (non-hydrogen) atoms. The molecule has 2 N–H and O–H groups in total. The van der Waals surface area contributed by atoms with Crippen molar-refractivity contribution in [2.24, 2.45) is 0 Å². The van der Waals surface area contributed by atoms with E-state index < -0.39 is 0 Å². The number of thiophene rings is 1. The Labute approximate surface area is 143 Å². The second kappa shape index (κ2) is 7.68. The molecule has 0 aliphatic carbocycles. The van der Waals surface area contributed by atoms with E-state index in [4.69, 9.17) is 0 Å². The fourth-order valence-corrected chi connectivity index (χ4v) is 4.22. The lowest BCUT2D eigenvalue weighted by Gasteiger charge is -2.12. The van der Waals surface area contributed by atoms with Gasteiger partial charge in [0.15, 0.2) is 6.54 Å². The molecule has 2 aromatic heterocycles. The first kappa shape index (κ1) is 16.1. The number of thiazole rings is 1. The first-order valence-electron chi connectivity index (χ1n) is 7.65. The molecule has 0 radical (unpaired) electrons. The quantitative estimate of drug-likeness (QED) is 0.684. The number of nitrogens with zero attached hydrogens (tertiary/aromatic N) is 1. The number of rotatable bonds is 7. The number of amides is 1. The molecule has 3 aromatic rings. The molecular formula is C17H20N3OS2+. The number of carbonyl (C=O) groups excluding carboxylic acids is 1. The maximum atomic E-state index is 12.0. The summed E-state index contributed by atoms with van der Waals surface area (Å²) in [6.07, 6.45) is 0.903. The minimum atomic E-state index is 0.0974. The van der Waals surface area contributed by atoms with Crippen LogP contribution in [0.15, 0.2) is 41.8 Å². The first-order chi connectivity index (χ1) is 11.2. The molecule has 2 heterocycles. The zero-order valence-electron chi connectivity index (χ0n) is 13.0. The molecule has 0 saturated carbocycles. The van der Waals surface area contributed by atoms with Gasteiger partial charge in [-0.25, -0.2) is 4.98 Å². The molecule has 4 nitrogen and oxygen atoms in total. The molecule has 0 fully saturated rings. The van der Waals surface area contributed by atoms with Gasteiger partial charge < -0.3 is 10.2 Å². The van der Waals surface area contributed by atoms with Crippen molar-refractivity contribution in [1.82, 2.24) is 10.3 Å². The average molecular weight is 347 g/mol. The number of carbonyl (C=O) groups is 1. The summed E-state index contributed by atoms with van der Waals surface area (Å²) in [6.45, 7) is 1.95. The Kier molecular flexibility index (Phi) is 5.38. The number of likely N-dealkylation sites (N-methyl/N-ethyl adjacent to an activating group) is 1. The van der Waals surface area contributed by atoms with Gasteiger partial charge in [-0.2, -0.15) is 0 Å². The number of quaternary nitrogens is 1. The van der Waals surface area contributed by atoms with E-state index in [9.17, 15) is 4.79 Å². The van der Waals surface area contributed by atoms with Crippen LogP contribution in [-0.4, -0.2) is 31.0 Å². The van der Waals surface area contributed by atoms with Crippen LogP contribution in [0.4, 0.5) is 0 Å². The molecular weight excluding hydrogens is 326 g/mol. The van der Waals surface area contributed by atoms with E-state index in [-0.39, 0.29) is 5.91 Å². The van der Waals surface area contributed by atoms with Crippen LogP contribution in [0.25, 0.3) is 10.2 Å². The molecule has 0 bridgehead atoms. The zero-order chi connectivity index (χ0) is 16.1. The standard InChI is InChI=1S/C17H19N3OS2/c1-20(11-16(21)18-9-8-13-5-4-10-22-13)12-17-19-14-6-2-3-7-15(14)23-17/h2-7,10H,8-9,11-12H2,1H3,(H,18,21)/p+1. The number of fused-ring (bicyclic) bond motifs is 1. The highest BCUT2D eigenvalue weighted by Crippen LogP contribution is 2.20. The van der Waals surface area contributed by atoms with Crippen LogP contribution >= 0.6 is 22.7 Å². The first-order valence-corrected chi connectivity index (χ1v) is 9.35. The summed E-state index contributed by atoms with van der Waals surface area (Å²) in [6, 6.07) is 12.3. The van der Waals surface area contributed by atoms with Gasteiger partial charge in [0.2, 0.25) is 0 Å². The van der Waals surface area contributed by atoms with Crippen LogP contribution in [-0.2, 0) is 17.8 Å². The van der Waals surface area contributed by atoms with Crippen LogP contribution in [0.5, 0.6) is 0 Å². The van der Waals surface area contributed by atoms with Gasteiger partial charge in [-0.05, 0) is 30.0 Å². The van der Waals surface area contributed by atoms with Crippen molar-refractivity contribution in [3.8, 4) is 0 Å².